The number of rotatable bonds is 3. The van der Waals surface area contributed by atoms with E-state index in [-0.39, 0.29) is 0 Å². The predicted molar refractivity (Wildman–Crippen MR) is 186 cm³/mol. The van der Waals surface area contributed by atoms with Crippen molar-refractivity contribution in [2.75, 3.05) is 0 Å². The van der Waals surface area contributed by atoms with Crippen LogP contribution in [0.1, 0.15) is 0 Å². The SMILES string of the molecule is c1ccc(-c2cc(-c3ccc4c(c3)Oc3ccccc3S4)cc(-c3ccc4c5ccccc5c5ccccc5c4c3)c2)cc1. The molecule has 1 aliphatic heterocycles. The number of hydrogen-bond donors (Lipinski definition) is 0. The van der Waals surface area contributed by atoms with E-state index in [0.29, 0.717) is 0 Å². The summed E-state index contributed by atoms with van der Waals surface area (Å²) in [4.78, 5) is 2.29. The summed E-state index contributed by atoms with van der Waals surface area (Å²) in [5.74, 6) is 1.82. The maximum Gasteiger partial charge on any atom is 0.142 e. The third-order valence-electron chi connectivity index (χ3n) is 8.68. The molecule has 8 aromatic carbocycles. The highest BCUT2D eigenvalue weighted by atomic mass is 32.2. The van der Waals surface area contributed by atoms with Crippen molar-refractivity contribution in [1.82, 2.24) is 0 Å². The zero-order valence-electron chi connectivity index (χ0n) is 23.8. The Morgan fingerprint density at radius 3 is 1.50 bits per heavy atom. The third-order valence-corrected chi connectivity index (χ3v) is 9.80. The Kier molecular flexibility index (Phi) is 5.82. The first-order valence-electron chi connectivity index (χ1n) is 14.9. The molecule has 8 aromatic rings. The number of ether oxygens (including phenoxy) is 1. The summed E-state index contributed by atoms with van der Waals surface area (Å²) in [7, 11) is 0. The van der Waals surface area contributed by atoms with E-state index in [1.54, 1.807) is 11.8 Å². The lowest BCUT2D eigenvalue weighted by Gasteiger charge is -2.20. The molecule has 0 bridgehead atoms. The van der Waals surface area contributed by atoms with Crippen molar-refractivity contribution in [3.63, 3.8) is 0 Å². The lowest BCUT2D eigenvalue weighted by atomic mass is 9.90. The second kappa shape index (κ2) is 10.2. The van der Waals surface area contributed by atoms with E-state index >= 15 is 0 Å². The van der Waals surface area contributed by atoms with Gasteiger partial charge in [-0.1, -0.05) is 121 Å². The lowest BCUT2D eigenvalue weighted by molar-refractivity contribution is 0.455. The Balaban J connectivity index is 1.23. The van der Waals surface area contributed by atoms with Crippen molar-refractivity contribution in [2.24, 2.45) is 0 Å². The highest BCUT2D eigenvalue weighted by Gasteiger charge is 2.19. The molecule has 9 rings (SSSR count). The lowest BCUT2D eigenvalue weighted by Crippen LogP contribution is -1.95. The zero-order chi connectivity index (χ0) is 29.0. The fraction of sp³-hybridized carbons (Fsp3) is 0. The first-order chi connectivity index (χ1) is 21.8. The summed E-state index contributed by atoms with van der Waals surface area (Å²) in [6.07, 6.45) is 0. The topological polar surface area (TPSA) is 9.23 Å². The van der Waals surface area contributed by atoms with E-state index in [4.69, 9.17) is 4.74 Å². The molecule has 0 N–H and O–H groups in total. The summed E-state index contributed by atoms with van der Waals surface area (Å²) in [6, 6.07) is 56.9. The molecule has 206 valence electrons. The molecule has 0 aromatic heterocycles. The predicted octanol–water partition coefficient (Wildman–Crippen LogP) is 12.4. The van der Waals surface area contributed by atoms with Gasteiger partial charge < -0.3 is 4.74 Å². The van der Waals surface area contributed by atoms with Crippen LogP contribution in [0.3, 0.4) is 0 Å². The van der Waals surface area contributed by atoms with Crippen molar-refractivity contribution in [2.45, 2.75) is 9.79 Å². The molecule has 0 radical (unpaired) electrons. The van der Waals surface area contributed by atoms with Gasteiger partial charge in [-0.3, -0.25) is 0 Å². The van der Waals surface area contributed by atoms with E-state index < -0.39 is 0 Å². The molecule has 0 aliphatic carbocycles. The summed E-state index contributed by atoms with van der Waals surface area (Å²) in [6.45, 7) is 0. The van der Waals surface area contributed by atoms with Crippen molar-refractivity contribution >= 4 is 44.1 Å². The summed E-state index contributed by atoms with van der Waals surface area (Å²) in [5, 5.41) is 7.73. The van der Waals surface area contributed by atoms with Gasteiger partial charge in [-0.2, -0.15) is 0 Å². The van der Waals surface area contributed by atoms with E-state index in [9.17, 15) is 0 Å². The Morgan fingerprint density at radius 1 is 0.295 bits per heavy atom. The number of hydrogen-bond acceptors (Lipinski definition) is 2. The average molecular weight is 579 g/mol. The van der Waals surface area contributed by atoms with E-state index in [1.807, 2.05) is 12.1 Å². The van der Waals surface area contributed by atoms with Crippen LogP contribution in [0.4, 0.5) is 0 Å². The number of benzene rings is 8. The van der Waals surface area contributed by atoms with Gasteiger partial charge in [0.25, 0.3) is 0 Å². The second-order valence-electron chi connectivity index (χ2n) is 11.3. The monoisotopic (exact) mass is 578 g/mol. The van der Waals surface area contributed by atoms with E-state index in [2.05, 4.69) is 146 Å². The second-order valence-corrected chi connectivity index (χ2v) is 12.4. The molecular formula is C42H26OS. The molecule has 0 atom stereocenters. The van der Waals surface area contributed by atoms with Crippen LogP contribution in [0.25, 0.3) is 65.7 Å². The van der Waals surface area contributed by atoms with Crippen LogP contribution < -0.4 is 4.74 Å². The van der Waals surface area contributed by atoms with Gasteiger partial charge in [0.1, 0.15) is 11.5 Å². The quantitative estimate of drug-likeness (QED) is 0.193. The normalized spacial score (nSPS) is 12.2. The van der Waals surface area contributed by atoms with Gasteiger partial charge in [0.05, 0.1) is 9.79 Å². The van der Waals surface area contributed by atoms with Crippen molar-refractivity contribution in [1.29, 1.82) is 0 Å². The van der Waals surface area contributed by atoms with Crippen LogP contribution in [0.5, 0.6) is 11.5 Å². The van der Waals surface area contributed by atoms with Crippen molar-refractivity contribution < 1.29 is 4.74 Å². The van der Waals surface area contributed by atoms with Crippen molar-refractivity contribution in [3.8, 4) is 44.9 Å². The largest absolute Gasteiger partial charge is 0.455 e. The van der Waals surface area contributed by atoms with Crippen LogP contribution in [-0.2, 0) is 0 Å². The molecule has 0 fully saturated rings. The molecule has 1 nitrogen and oxygen atoms in total. The molecule has 0 amide bonds. The Labute approximate surface area is 260 Å². The van der Waals surface area contributed by atoms with Crippen LogP contribution in [0.2, 0.25) is 0 Å². The van der Waals surface area contributed by atoms with Gasteiger partial charge in [0.2, 0.25) is 0 Å². The average Bonchev–Trinajstić information content (AvgIpc) is 3.10. The molecule has 0 spiro atoms. The molecule has 2 heteroatoms. The fourth-order valence-corrected chi connectivity index (χ4v) is 7.48. The molecule has 1 heterocycles. The Morgan fingerprint density at radius 2 is 0.795 bits per heavy atom. The Hall–Kier alpha value is -5.31. The van der Waals surface area contributed by atoms with Gasteiger partial charge in [-0.25, -0.2) is 0 Å². The fourth-order valence-electron chi connectivity index (χ4n) is 6.55. The van der Waals surface area contributed by atoms with Crippen LogP contribution >= 0.6 is 11.8 Å². The van der Waals surface area contributed by atoms with Gasteiger partial charge >= 0.3 is 0 Å². The maximum atomic E-state index is 6.37. The molecule has 1 aliphatic rings. The van der Waals surface area contributed by atoms with E-state index in [1.165, 1.54) is 60.1 Å². The summed E-state index contributed by atoms with van der Waals surface area (Å²) < 4.78 is 6.37. The van der Waals surface area contributed by atoms with Crippen LogP contribution in [0.15, 0.2) is 168 Å². The van der Waals surface area contributed by atoms with Crippen LogP contribution in [-0.4, -0.2) is 0 Å². The molecule has 0 saturated heterocycles. The minimum atomic E-state index is 0.905. The minimum absolute atomic E-state index is 0.905. The number of fused-ring (bicyclic) bond motifs is 8. The Bertz CT molecular complexity index is 2350. The highest BCUT2D eigenvalue weighted by Crippen LogP contribution is 2.48. The molecule has 0 unspecified atom stereocenters. The molecule has 0 saturated carbocycles. The van der Waals surface area contributed by atoms with Crippen molar-refractivity contribution in [3.05, 3.63) is 158 Å². The molecular weight excluding hydrogens is 553 g/mol. The highest BCUT2D eigenvalue weighted by molar-refractivity contribution is 7.99. The summed E-state index contributed by atoms with van der Waals surface area (Å²) >= 11 is 1.76. The maximum absolute atomic E-state index is 6.37. The van der Waals surface area contributed by atoms with Gasteiger partial charge in [-0.15, -0.1) is 0 Å². The zero-order valence-corrected chi connectivity index (χ0v) is 24.6. The molecule has 44 heavy (non-hydrogen) atoms. The first kappa shape index (κ1) is 25.2. The van der Waals surface area contributed by atoms with Crippen LogP contribution in [0, 0.1) is 0 Å². The minimum Gasteiger partial charge on any atom is -0.455 e. The van der Waals surface area contributed by atoms with Gasteiger partial charge in [0.15, 0.2) is 0 Å². The van der Waals surface area contributed by atoms with E-state index in [0.717, 1.165) is 26.9 Å². The smallest absolute Gasteiger partial charge is 0.142 e. The van der Waals surface area contributed by atoms with Gasteiger partial charge in [-0.05, 0) is 114 Å². The standard InChI is InChI=1S/C42H26OS/c1-2-10-27(11-3-1)30-22-31(24-32(23-30)29-19-21-42-40(26-29)43-39-16-8-9-17-41(39)44-42)28-18-20-37-35-14-5-4-12-33(35)34-13-6-7-15-36(34)38(37)25-28/h1-26H. The number of para-hydroxylation sites is 1. The summed E-state index contributed by atoms with van der Waals surface area (Å²) in [5.41, 5.74) is 7.10. The third kappa shape index (κ3) is 4.18. The first-order valence-corrected chi connectivity index (χ1v) is 15.7. The van der Waals surface area contributed by atoms with Gasteiger partial charge in [0, 0.05) is 0 Å².